The zero-order valence-corrected chi connectivity index (χ0v) is 19.5. The van der Waals surface area contributed by atoms with Crippen LogP contribution in [0.15, 0.2) is 97.1 Å². The predicted molar refractivity (Wildman–Crippen MR) is 150 cm³/mol. The molecule has 0 saturated heterocycles. The molecule has 0 atom stereocenters. The minimum absolute atomic E-state index is 1.22. The second kappa shape index (κ2) is 8.32. The summed E-state index contributed by atoms with van der Waals surface area (Å²) in [4.78, 5) is 0. The van der Waals surface area contributed by atoms with E-state index in [2.05, 4.69) is 135 Å². The summed E-state index contributed by atoms with van der Waals surface area (Å²) in [5.74, 6) is 0. The van der Waals surface area contributed by atoms with Gasteiger partial charge in [0, 0.05) is 0 Å². The number of hydrogen-bond donors (Lipinski definition) is 0. The van der Waals surface area contributed by atoms with Gasteiger partial charge in [0.2, 0.25) is 0 Å². The third-order valence-electron chi connectivity index (χ3n) is 6.80. The van der Waals surface area contributed by atoms with Crippen molar-refractivity contribution in [2.75, 3.05) is 0 Å². The van der Waals surface area contributed by atoms with E-state index < -0.39 is 0 Å². The molecule has 0 heterocycles. The van der Waals surface area contributed by atoms with Gasteiger partial charge in [-0.1, -0.05) is 132 Å². The van der Waals surface area contributed by atoms with E-state index in [1.165, 1.54) is 65.7 Å². The fourth-order valence-corrected chi connectivity index (χ4v) is 4.86. The molecule has 0 aliphatic carbocycles. The third-order valence-corrected chi connectivity index (χ3v) is 6.80. The van der Waals surface area contributed by atoms with Crippen molar-refractivity contribution >= 4 is 56.6 Å². The van der Waals surface area contributed by atoms with Crippen LogP contribution in [0.25, 0.3) is 56.6 Å². The molecular weight excluding hydrogens is 408 g/mol. The second-order valence-corrected chi connectivity index (χ2v) is 9.22. The molecule has 0 aromatic heterocycles. The zero-order valence-electron chi connectivity index (χ0n) is 19.5. The molecule has 0 heteroatoms. The van der Waals surface area contributed by atoms with Crippen molar-refractivity contribution in [2.45, 2.75) is 13.8 Å². The highest BCUT2D eigenvalue weighted by molar-refractivity contribution is 6.25. The van der Waals surface area contributed by atoms with Crippen molar-refractivity contribution in [1.82, 2.24) is 0 Å². The predicted octanol–water partition coefficient (Wildman–Crippen LogP) is 9.54. The molecule has 0 spiro atoms. The van der Waals surface area contributed by atoms with Crippen LogP contribution in [0, 0.1) is 13.8 Å². The smallest absolute Gasteiger partial charge is 0.00206 e. The topological polar surface area (TPSA) is 0 Å². The summed E-state index contributed by atoms with van der Waals surface area (Å²) in [5, 5.41) is 7.90. The number of hydrogen-bond acceptors (Lipinski definition) is 0. The molecule has 162 valence electrons. The van der Waals surface area contributed by atoms with Crippen LogP contribution < -0.4 is 0 Å². The van der Waals surface area contributed by atoms with Crippen LogP contribution in [-0.2, 0) is 0 Å². The Morgan fingerprint density at radius 3 is 1.18 bits per heavy atom. The number of aryl methyl sites for hydroxylation is 2. The van der Waals surface area contributed by atoms with Crippen molar-refractivity contribution in [1.29, 1.82) is 0 Å². The Balaban J connectivity index is 1.49. The molecule has 0 saturated carbocycles. The summed E-state index contributed by atoms with van der Waals surface area (Å²) in [6.45, 7) is 4.25. The van der Waals surface area contributed by atoms with Gasteiger partial charge in [-0.25, -0.2) is 0 Å². The minimum Gasteiger partial charge on any atom is -0.0587 e. The number of rotatable bonds is 4. The fourth-order valence-electron chi connectivity index (χ4n) is 4.86. The van der Waals surface area contributed by atoms with E-state index in [0.29, 0.717) is 0 Å². The van der Waals surface area contributed by atoms with Gasteiger partial charge in [-0.3, -0.25) is 0 Å². The van der Waals surface area contributed by atoms with Crippen molar-refractivity contribution in [3.05, 3.63) is 130 Å². The maximum atomic E-state index is 2.28. The van der Waals surface area contributed by atoms with E-state index in [1.807, 2.05) is 0 Å². The van der Waals surface area contributed by atoms with Crippen LogP contribution in [0.2, 0.25) is 0 Å². The first-order valence-electron chi connectivity index (χ1n) is 11.9. The summed E-state index contributed by atoms with van der Waals surface area (Å²) < 4.78 is 0. The van der Waals surface area contributed by atoms with Crippen molar-refractivity contribution in [3.8, 4) is 0 Å². The van der Waals surface area contributed by atoms with E-state index in [9.17, 15) is 0 Å². The van der Waals surface area contributed by atoms with Crippen molar-refractivity contribution in [2.24, 2.45) is 0 Å². The summed E-state index contributed by atoms with van der Waals surface area (Å²) in [7, 11) is 0. The standard InChI is InChI=1S/C34H26/c1-23-3-7-25(8-4-23)11-13-27-15-17-29-20-22-32-28(14-12-26-9-5-24(2)6-10-26)16-18-30-19-21-31(27)33(29)34(30)32/h3-22H,1-2H3. The largest absolute Gasteiger partial charge is 0.0587 e. The summed E-state index contributed by atoms with van der Waals surface area (Å²) in [5.41, 5.74) is 7.52. The fraction of sp³-hybridized carbons (Fsp3) is 0.0588. The summed E-state index contributed by atoms with van der Waals surface area (Å²) in [6.07, 6.45) is 8.91. The Labute approximate surface area is 200 Å². The summed E-state index contributed by atoms with van der Waals surface area (Å²) in [6, 6.07) is 35.4. The molecule has 0 amide bonds. The van der Waals surface area contributed by atoms with Crippen LogP contribution in [-0.4, -0.2) is 0 Å². The Hall–Kier alpha value is -4.16. The molecule has 34 heavy (non-hydrogen) atoms. The normalized spacial score (nSPS) is 12.2. The molecule has 0 bridgehead atoms. The monoisotopic (exact) mass is 434 g/mol. The first-order valence-corrected chi connectivity index (χ1v) is 11.9. The maximum absolute atomic E-state index is 2.28. The SMILES string of the molecule is Cc1ccc(C=Cc2ccc3ccc4c(C=Cc5ccc(C)cc5)ccc5ccc2c3c54)cc1. The van der Waals surface area contributed by atoms with Crippen LogP contribution in [0.3, 0.4) is 0 Å². The molecule has 0 nitrogen and oxygen atoms in total. The van der Waals surface area contributed by atoms with Gasteiger partial charge in [0.05, 0.1) is 0 Å². The molecule has 0 fully saturated rings. The van der Waals surface area contributed by atoms with Crippen LogP contribution in [0.5, 0.6) is 0 Å². The van der Waals surface area contributed by atoms with Gasteiger partial charge in [-0.15, -0.1) is 0 Å². The van der Waals surface area contributed by atoms with E-state index in [1.54, 1.807) is 0 Å². The lowest BCUT2D eigenvalue weighted by molar-refractivity contribution is 1.46. The molecule has 0 unspecified atom stereocenters. The van der Waals surface area contributed by atoms with E-state index in [4.69, 9.17) is 0 Å². The minimum atomic E-state index is 1.22. The van der Waals surface area contributed by atoms with Crippen molar-refractivity contribution < 1.29 is 0 Å². The van der Waals surface area contributed by atoms with Gasteiger partial charge < -0.3 is 0 Å². The Morgan fingerprint density at radius 2 is 0.765 bits per heavy atom. The van der Waals surface area contributed by atoms with Crippen LogP contribution in [0.1, 0.15) is 33.4 Å². The zero-order chi connectivity index (χ0) is 23.1. The lowest BCUT2D eigenvalue weighted by atomic mass is 9.89. The van der Waals surface area contributed by atoms with E-state index in [0.717, 1.165) is 0 Å². The first kappa shape index (κ1) is 20.4. The molecular formula is C34H26. The summed E-state index contributed by atoms with van der Waals surface area (Å²) >= 11 is 0. The molecule has 0 aliphatic heterocycles. The Kier molecular flexibility index (Phi) is 5.00. The Morgan fingerprint density at radius 1 is 0.382 bits per heavy atom. The molecule has 0 N–H and O–H groups in total. The van der Waals surface area contributed by atoms with E-state index in [-0.39, 0.29) is 0 Å². The molecule has 6 aromatic carbocycles. The van der Waals surface area contributed by atoms with Crippen molar-refractivity contribution in [3.63, 3.8) is 0 Å². The molecule has 0 radical (unpaired) electrons. The highest BCUT2D eigenvalue weighted by Crippen LogP contribution is 2.38. The second-order valence-electron chi connectivity index (χ2n) is 9.22. The average molecular weight is 435 g/mol. The van der Waals surface area contributed by atoms with Gasteiger partial charge in [0.15, 0.2) is 0 Å². The molecule has 6 aromatic rings. The highest BCUT2D eigenvalue weighted by atomic mass is 14.1. The first-order chi connectivity index (χ1) is 16.7. The average Bonchev–Trinajstić information content (AvgIpc) is 2.87. The van der Waals surface area contributed by atoms with Gasteiger partial charge >= 0.3 is 0 Å². The van der Waals surface area contributed by atoms with Gasteiger partial charge in [0.1, 0.15) is 0 Å². The van der Waals surface area contributed by atoms with Crippen LogP contribution >= 0.6 is 0 Å². The van der Waals surface area contributed by atoms with Crippen LogP contribution in [0.4, 0.5) is 0 Å². The van der Waals surface area contributed by atoms with Gasteiger partial charge in [-0.05, 0) is 68.4 Å². The number of benzene rings is 6. The van der Waals surface area contributed by atoms with E-state index >= 15 is 0 Å². The third kappa shape index (κ3) is 3.68. The molecule has 0 aliphatic rings. The highest BCUT2D eigenvalue weighted by Gasteiger charge is 2.11. The lowest BCUT2D eigenvalue weighted by Crippen LogP contribution is -1.88. The maximum Gasteiger partial charge on any atom is -0.00206 e. The Bertz CT molecular complexity index is 1550. The quantitative estimate of drug-likeness (QED) is 0.191. The molecule has 6 rings (SSSR count). The van der Waals surface area contributed by atoms with Gasteiger partial charge in [-0.2, -0.15) is 0 Å². The van der Waals surface area contributed by atoms with Gasteiger partial charge in [0.25, 0.3) is 0 Å². The lowest BCUT2D eigenvalue weighted by Gasteiger charge is -2.14.